The van der Waals surface area contributed by atoms with Crippen LogP contribution in [0.1, 0.15) is 31.9 Å². The maximum Gasteiger partial charge on any atom is 0.0863 e. The zero-order chi connectivity index (χ0) is 14.2. The molecule has 2 aromatic carbocycles. The SMILES string of the molecule is CC[Si](CC)(CC)c1cccc2c1[C]c1ccccc1-2. The Bertz CT molecular complexity index is 615. The van der Waals surface area contributed by atoms with Crippen LogP contribution in [-0.2, 0) is 0 Å². The van der Waals surface area contributed by atoms with Crippen molar-refractivity contribution >= 4 is 13.3 Å². The molecule has 0 aliphatic heterocycles. The predicted octanol–water partition coefficient (Wildman–Crippen LogP) is 4.86. The van der Waals surface area contributed by atoms with Crippen molar-refractivity contribution in [3.05, 3.63) is 60.0 Å². The Morgan fingerprint density at radius 1 is 0.800 bits per heavy atom. The summed E-state index contributed by atoms with van der Waals surface area (Å²) in [4.78, 5) is 0. The lowest BCUT2D eigenvalue weighted by molar-refractivity contribution is 1.19. The van der Waals surface area contributed by atoms with Gasteiger partial charge in [-0.25, -0.2) is 0 Å². The van der Waals surface area contributed by atoms with Crippen LogP contribution in [-0.4, -0.2) is 8.07 Å². The lowest BCUT2D eigenvalue weighted by Gasteiger charge is -2.30. The molecule has 0 saturated carbocycles. The Kier molecular flexibility index (Phi) is 3.55. The molecule has 0 amide bonds. The Balaban J connectivity index is 2.19. The van der Waals surface area contributed by atoms with E-state index in [4.69, 9.17) is 0 Å². The van der Waals surface area contributed by atoms with Gasteiger partial charge >= 0.3 is 0 Å². The van der Waals surface area contributed by atoms with Crippen LogP contribution in [0.4, 0.5) is 0 Å². The Morgan fingerprint density at radius 3 is 2.15 bits per heavy atom. The molecule has 2 aromatic rings. The molecule has 1 aliphatic carbocycles. The van der Waals surface area contributed by atoms with Gasteiger partial charge in [0, 0.05) is 0 Å². The van der Waals surface area contributed by atoms with E-state index in [1.807, 2.05) is 0 Å². The fourth-order valence-corrected chi connectivity index (χ4v) is 7.46. The topological polar surface area (TPSA) is 0 Å². The summed E-state index contributed by atoms with van der Waals surface area (Å²) >= 11 is 0. The molecule has 0 atom stereocenters. The summed E-state index contributed by atoms with van der Waals surface area (Å²) in [5, 5.41) is 1.62. The van der Waals surface area contributed by atoms with Gasteiger partial charge in [-0.05, 0) is 22.3 Å². The second-order valence-corrected chi connectivity index (χ2v) is 11.0. The highest BCUT2D eigenvalue weighted by Crippen LogP contribution is 2.38. The van der Waals surface area contributed by atoms with Crippen molar-refractivity contribution in [2.24, 2.45) is 0 Å². The second kappa shape index (κ2) is 5.21. The molecule has 0 aromatic heterocycles. The molecule has 0 nitrogen and oxygen atoms in total. The van der Waals surface area contributed by atoms with Crippen LogP contribution in [0.15, 0.2) is 42.5 Å². The van der Waals surface area contributed by atoms with Gasteiger partial charge < -0.3 is 0 Å². The van der Waals surface area contributed by atoms with E-state index in [2.05, 4.69) is 69.7 Å². The molecule has 0 unspecified atom stereocenters. The summed E-state index contributed by atoms with van der Waals surface area (Å²) in [6, 6.07) is 19.5. The normalized spacial score (nSPS) is 13.2. The van der Waals surface area contributed by atoms with E-state index in [1.54, 1.807) is 5.19 Å². The summed E-state index contributed by atoms with van der Waals surface area (Å²) in [7, 11) is -1.35. The summed E-state index contributed by atoms with van der Waals surface area (Å²) in [5.74, 6) is 0. The molecule has 0 spiro atoms. The summed E-state index contributed by atoms with van der Waals surface area (Å²) in [6.07, 6.45) is 3.69. The summed E-state index contributed by atoms with van der Waals surface area (Å²) in [6.45, 7) is 7.13. The highest BCUT2D eigenvalue weighted by Gasteiger charge is 2.34. The minimum atomic E-state index is -1.35. The van der Waals surface area contributed by atoms with Crippen molar-refractivity contribution in [3.63, 3.8) is 0 Å². The maximum absolute atomic E-state index is 3.69. The van der Waals surface area contributed by atoms with Gasteiger partial charge in [0.25, 0.3) is 0 Å². The van der Waals surface area contributed by atoms with Crippen molar-refractivity contribution in [1.82, 2.24) is 0 Å². The van der Waals surface area contributed by atoms with E-state index in [0.717, 1.165) is 0 Å². The zero-order valence-electron chi connectivity index (χ0n) is 12.7. The van der Waals surface area contributed by atoms with E-state index in [-0.39, 0.29) is 0 Å². The number of hydrogen-bond acceptors (Lipinski definition) is 0. The molecule has 1 heteroatoms. The first kappa shape index (κ1) is 13.6. The van der Waals surface area contributed by atoms with Gasteiger partial charge in [-0.15, -0.1) is 0 Å². The van der Waals surface area contributed by atoms with E-state index in [1.165, 1.54) is 40.4 Å². The highest BCUT2D eigenvalue weighted by atomic mass is 28.3. The van der Waals surface area contributed by atoms with Crippen LogP contribution in [0.25, 0.3) is 11.1 Å². The number of fused-ring (bicyclic) bond motifs is 3. The molecule has 0 saturated heterocycles. The number of benzene rings is 2. The fraction of sp³-hybridized carbons (Fsp3) is 0.316. The van der Waals surface area contributed by atoms with E-state index < -0.39 is 8.07 Å². The minimum Gasteiger partial charge on any atom is -0.0675 e. The quantitative estimate of drug-likeness (QED) is 0.598. The molecular formula is C19H22Si. The van der Waals surface area contributed by atoms with E-state index >= 15 is 0 Å². The molecule has 0 heterocycles. The van der Waals surface area contributed by atoms with Gasteiger partial charge in [0.15, 0.2) is 0 Å². The van der Waals surface area contributed by atoms with Crippen LogP contribution in [0.5, 0.6) is 0 Å². The largest absolute Gasteiger partial charge is 0.0863 e. The van der Waals surface area contributed by atoms with Crippen LogP contribution in [0.3, 0.4) is 0 Å². The molecule has 102 valence electrons. The first-order valence-electron chi connectivity index (χ1n) is 7.75. The minimum absolute atomic E-state index is 1.26. The highest BCUT2D eigenvalue weighted by molar-refractivity contribution is 6.92. The van der Waals surface area contributed by atoms with Crippen LogP contribution in [0, 0.1) is 6.42 Å². The first-order valence-corrected chi connectivity index (χ1v) is 10.4. The lowest BCUT2D eigenvalue weighted by Crippen LogP contribution is -2.47. The van der Waals surface area contributed by atoms with Crippen molar-refractivity contribution in [2.45, 2.75) is 38.9 Å². The average Bonchev–Trinajstić information content (AvgIpc) is 2.89. The first-order chi connectivity index (χ1) is 9.75. The van der Waals surface area contributed by atoms with E-state index in [9.17, 15) is 0 Å². The molecule has 1 aliphatic rings. The van der Waals surface area contributed by atoms with Crippen molar-refractivity contribution in [2.75, 3.05) is 0 Å². The van der Waals surface area contributed by atoms with Gasteiger partial charge in [0.1, 0.15) is 0 Å². The molecule has 0 N–H and O–H groups in total. The van der Waals surface area contributed by atoms with Gasteiger partial charge in [-0.2, -0.15) is 0 Å². The molecule has 3 rings (SSSR count). The molecule has 0 fully saturated rings. The summed E-state index contributed by atoms with van der Waals surface area (Å²) in [5.41, 5.74) is 5.41. The van der Waals surface area contributed by atoms with Gasteiger partial charge in [-0.3, -0.25) is 0 Å². The van der Waals surface area contributed by atoms with Gasteiger partial charge in [-0.1, -0.05) is 86.6 Å². The molecule has 0 bridgehead atoms. The van der Waals surface area contributed by atoms with Crippen molar-refractivity contribution < 1.29 is 0 Å². The predicted molar refractivity (Wildman–Crippen MR) is 90.2 cm³/mol. The van der Waals surface area contributed by atoms with Gasteiger partial charge in [0.2, 0.25) is 0 Å². The van der Waals surface area contributed by atoms with Crippen molar-refractivity contribution in [3.8, 4) is 11.1 Å². The third-order valence-corrected chi connectivity index (χ3v) is 10.8. The lowest BCUT2D eigenvalue weighted by atomic mass is 10.1. The standard InChI is InChI=1S/C19H22Si/c1-4-20(5-2,6-3)19-13-9-12-17-16-11-8-7-10-15(16)14-18(17)19/h7-13H,4-6H2,1-3H3. The van der Waals surface area contributed by atoms with Crippen LogP contribution in [0.2, 0.25) is 18.1 Å². The Hall–Kier alpha value is -1.34. The fourth-order valence-electron chi connectivity index (χ4n) is 3.64. The number of rotatable bonds is 4. The Labute approximate surface area is 123 Å². The zero-order valence-corrected chi connectivity index (χ0v) is 13.7. The maximum atomic E-state index is 3.69. The molecular weight excluding hydrogens is 256 g/mol. The monoisotopic (exact) mass is 278 g/mol. The van der Waals surface area contributed by atoms with Crippen LogP contribution < -0.4 is 5.19 Å². The molecule has 20 heavy (non-hydrogen) atoms. The third-order valence-electron chi connectivity index (χ3n) is 5.14. The second-order valence-electron chi connectivity index (χ2n) is 5.74. The third kappa shape index (κ3) is 1.88. The smallest absolute Gasteiger partial charge is 0.0675 e. The molecule has 2 radical (unpaired) electrons. The average molecular weight is 278 g/mol. The Morgan fingerprint density at radius 2 is 1.45 bits per heavy atom. The van der Waals surface area contributed by atoms with E-state index in [0.29, 0.717) is 0 Å². The van der Waals surface area contributed by atoms with Crippen molar-refractivity contribution in [1.29, 1.82) is 0 Å². The summed E-state index contributed by atoms with van der Waals surface area (Å²) < 4.78 is 0. The number of hydrogen-bond donors (Lipinski definition) is 0. The van der Waals surface area contributed by atoms with Crippen LogP contribution >= 0.6 is 0 Å². The van der Waals surface area contributed by atoms with Gasteiger partial charge in [0.05, 0.1) is 14.5 Å².